The molecule has 2 aromatic rings. The average Bonchev–Trinajstić information content (AvgIpc) is 2.82. The fraction of sp³-hybridized carbons (Fsp3) is 0.556. The standard InChI is InChI=1S/C27H40O3S2Si/c1-21(26-31-18-11-19-32-26)20-24(29)25(16-17-28)30-33(27(2,3)4,22-12-7-5-8-13-22)23-14-9-6-10-15-23/h5-10,12-15,21,24-26,28-29H,11,16-20H2,1-4H3/t21-,24+,25-/m0/s1. The van der Waals surface area contributed by atoms with Crippen LogP contribution in [0.1, 0.15) is 47.0 Å². The largest absolute Gasteiger partial charge is 0.402 e. The van der Waals surface area contributed by atoms with E-state index in [1.807, 2.05) is 35.7 Å². The molecule has 33 heavy (non-hydrogen) atoms. The van der Waals surface area contributed by atoms with Crippen LogP contribution in [0.25, 0.3) is 0 Å². The van der Waals surface area contributed by atoms with E-state index >= 15 is 0 Å². The van der Waals surface area contributed by atoms with Gasteiger partial charge >= 0.3 is 0 Å². The molecule has 1 saturated heterocycles. The van der Waals surface area contributed by atoms with Crippen LogP contribution in [0.5, 0.6) is 0 Å². The summed E-state index contributed by atoms with van der Waals surface area (Å²) in [7, 11) is -2.78. The highest BCUT2D eigenvalue weighted by Gasteiger charge is 2.52. The summed E-state index contributed by atoms with van der Waals surface area (Å²) in [4.78, 5) is 0. The van der Waals surface area contributed by atoms with Gasteiger partial charge in [-0.15, -0.1) is 23.5 Å². The summed E-state index contributed by atoms with van der Waals surface area (Å²) in [6.07, 6.45) is 1.36. The first kappa shape index (κ1) is 26.8. The summed E-state index contributed by atoms with van der Waals surface area (Å²) in [6.45, 7) is 9.00. The summed E-state index contributed by atoms with van der Waals surface area (Å²) in [5.41, 5.74) is 0. The second kappa shape index (κ2) is 12.3. The summed E-state index contributed by atoms with van der Waals surface area (Å²) in [6, 6.07) is 21.1. The molecule has 0 saturated carbocycles. The fourth-order valence-electron chi connectivity index (χ4n) is 4.85. The molecule has 2 N–H and O–H groups in total. The van der Waals surface area contributed by atoms with Gasteiger partial charge in [0.1, 0.15) is 0 Å². The molecule has 1 heterocycles. The highest BCUT2D eigenvalue weighted by molar-refractivity contribution is 8.17. The van der Waals surface area contributed by atoms with Crippen molar-refractivity contribution in [3.05, 3.63) is 60.7 Å². The molecule has 0 bridgehead atoms. The monoisotopic (exact) mass is 504 g/mol. The molecule has 3 rings (SSSR count). The first-order chi connectivity index (χ1) is 15.8. The Balaban J connectivity index is 1.96. The minimum Gasteiger partial charge on any atom is -0.402 e. The van der Waals surface area contributed by atoms with Gasteiger partial charge in [-0.25, -0.2) is 0 Å². The van der Waals surface area contributed by atoms with Crippen molar-refractivity contribution in [3.63, 3.8) is 0 Å². The Morgan fingerprint density at radius 3 is 1.94 bits per heavy atom. The van der Waals surface area contributed by atoms with E-state index in [-0.39, 0.29) is 11.6 Å². The van der Waals surface area contributed by atoms with Gasteiger partial charge in [0.2, 0.25) is 0 Å². The minimum absolute atomic E-state index is 0.00123. The maximum absolute atomic E-state index is 11.4. The quantitative estimate of drug-likeness (QED) is 0.451. The molecule has 6 heteroatoms. The van der Waals surface area contributed by atoms with Crippen molar-refractivity contribution in [2.45, 2.75) is 68.8 Å². The Morgan fingerprint density at radius 2 is 1.48 bits per heavy atom. The highest BCUT2D eigenvalue weighted by atomic mass is 32.2. The van der Waals surface area contributed by atoms with Crippen molar-refractivity contribution >= 4 is 42.2 Å². The van der Waals surface area contributed by atoms with E-state index in [1.54, 1.807) is 0 Å². The van der Waals surface area contributed by atoms with Crippen LogP contribution in [0.4, 0.5) is 0 Å². The van der Waals surface area contributed by atoms with Crippen LogP contribution in [0.2, 0.25) is 5.04 Å². The van der Waals surface area contributed by atoms with Gasteiger partial charge in [0.05, 0.1) is 16.8 Å². The third kappa shape index (κ3) is 6.47. The van der Waals surface area contributed by atoms with Gasteiger partial charge in [-0.2, -0.15) is 0 Å². The van der Waals surface area contributed by atoms with E-state index in [0.29, 0.717) is 23.3 Å². The van der Waals surface area contributed by atoms with Crippen molar-refractivity contribution in [2.75, 3.05) is 18.1 Å². The molecule has 0 aliphatic carbocycles. The zero-order chi connectivity index (χ0) is 23.9. The molecule has 1 aliphatic rings. The Bertz CT molecular complexity index is 783. The van der Waals surface area contributed by atoms with Gasteiger partial charge < -0.3 is 14.6 Å². The van der Waals surface area contributed by atoms with Crippen LogP contribution in [-0.2, 0) is 4.43 Å². The van der Waals surface area contributed by atoms with Crippen LogP contribution in [0.15, 0.2) is 60.7 Å². The first-order valence-electron chi connectivity index (χ1n) is 12.1. The van der Waals surface area contributed by atoms with Crippen LogP contribution < -0.4 is 10.4 Å². The third-order valence-corrected chi connectivity index (χ3v) is 15.0. The Hall–Kier alpha value is -0.763. The van der Waals surface area contributed by atoms with E-state index < -0.39 is 20.5 Å². The van der Waals surface area contributed by atoms with Crippen LogP contribution in [0.3, 0.4) is 0 Å². The van der Waals surface area contributed by atoms with Crippen molar-refractivity contribution in [3.8, 4) is 0 Å². The Kier molecular flexibility index (Phi) is 9.98. The number of hydrogen-bond donors (Lipinski definition) is 2. The SMILES string of the molecule is C[C@@H](C[C@@H](O)[C@H](CCO)O[Si](c1ccccc1)(c1ccccc1)C(C)(C)C)C1SCCCS1. The average molecular weight is 505 g/mol. The van der Waals surface area contributed by atoms with E-state index in [0.717, 1.165) is 0 Å². The van der Waals surface area contributed by atoms with Crippen molar-refractivity contribution in [1.82, 2.24) is 0 Å². The second-order valence-corrected chi connectivity index (χ2v) is 17.1. The Morgan fingerprint density at radius 1 is 0.970 bits per heavy atom. The normalized spacial score (nSPS) is 18.6. The van der Waals surface area contributed by atoms with Gasteiger partial charge in [0, 0.05) is 6.61 Å². The van der Waals surface area contributed by atoms with Gasteiger partial charge in [-0.3, -0.25) is 0 Å². The molecule has 0 amide bonds. The van der Waals surface area contributed by atoms with Crippen LogP contribution in [-0.4, -0.2) is 53.4 Å². The van der Waals surface area contributed by atoms with Crippen molar-refractivity contribution in [1.29, 1.82) is 0 Å². The van der Waals surface area contributed by atoms with E-state index in [2.05, 4.69) is 76.2 Å². The lowest BCUT2D eigenvalue weighted by Crippen LogP contribution is -2.68. The molecular formula is C27H40O3S2Si. The van der Waals surface area contributed by atoms with Gasteiger partial charge in [-0.1, -0.05) is 88.4 Å². The third-order valence-electron chi connectivity index (χ3n) is 6.52. The van der Waals surface area contributed by atoms with E-state index in [1.165, 1.54) is 28.3 Å². The lowest BCUT2D eigenvalue weighted by atomic mass is 10.00. The van der Waals surface area contributed by atoms with Crippen molar-refractivity contribution in [2.24, 2.45) is 5.92 Å². The molecule has 3 atom stereocenters. The zero-order valence-electron chi connectivity index (χ0n) is 20.4. The summed E-state index contributed by atoms with van der Waals surface area (Å²) in [5, 5.41) is 23.6. The number of aliphatic hydroxyl groups is 2. The van der Waals surface area contributed by atoms with Gasteiger partial charge in [0.15, 0.2) is 0 Å². The number of rotatable bonds is 10. The van der Waals surface area contributed by atoms with Crippen molar-refractivity contribution < 1.29 is 14.6 Å². The van der Waals surface area contributed by atoms with Gasteiger partial charge in [0.25, 0.3) is 8.32 Å². The minimum atomic E-state index is -2.78. The molecule has 182 valence electrons. The molecule has 1 aliphatic heterocycles. The first-order valence-corrected chi connectivity index (χ1v) is 16.1. The number of benzene rings is 2. The number of aliphatic hydroxyl groups excluding tert-OH is 2. The Labute approximate surface area is 209 Å². The second-order valence-electron chi connectivity index (χ2n) is 10.1. The van der Waals surface area contributed by atoms with Crippen LogP contribution >= 0.6 is 23.5 Å². The van der Waals surface area contributed by atoms with Gasteiger partial charge in [-0.05, 0) is 52.1 Å². The lowest BCUT2D eigenvalue weighted by Gasteiger charge is -2.46. The predicted octanol–water partition coefficient (Wildman–Crippen LogP) is 4.90. The molecule has 1 fully saturated rings. The number of hydrogen-bond acceptors (Lipinski definition) is 5. The fourth-order valence-corrected chi connectivity index (χ4v) is 12.7. The molecule has 0 aromatic heterocycles. The lowest BCUT2D eigenvalue weighted by molar-refractivity contribution is 0.00439. The maximum Gasteiger partial charge on any atom is 0.261 e. The van der Waals surface area contributed by atoms with E-state index in [4.69, 9.17) is 4.43 Å². The molecule has 0 spiro atoms. The smallest absolute Gasteiger partial charge is 0.261 e. The predicted molar refractivity (Wildman–Crippen MR) is 147 cm³/mol. The number of thioether (sulfide) groups is 2. The molecule has 0 radical (unpaired) electrons. The maximum atomic E-state index is 11.4. The topological polar surface area (TPSA) is 49.7 Å². The summed E-state index contributed by atoms with van der Waals surface area (Å²) < 4.78 is 7.70. The molecule has 3 nitrogen and oxygen atoms in total. The zero-order valence-corrected chi connectivity index (χ0v) is 23.1. The highest BCUT2D eigenvalue weighted by Crippen LogP contribution is 2.40. The molecular weight excluding hydrogens is 465 g/mol. The summed E-state index contributed by atoms with van der Waals surface area (Å²) in [5.74, 6) is 2.80. The van der Waals surface area contributed by atoms with Crippen LogP contribution in [0, 0.1) is 5.92 Å². The summed E-state index contributed by atoms with van der Waals surface area (Å²) >= 11 is 4.04. The molecule has 2 aromatic carbocycles. The van der Waals surface area contributed by atoms with E-state index in [9.17, 15) is 10.2 Å². The molecule has 0 unspecified atom stereocenters.